The molecule has 4 nitrogen and oxygen atoms in total. The van der Waals surface area contributed by atoms with Crippen LogP contribution in [0.3, 0.4) is 0 Å². The van der Waals surface area contributed by atoms with Gasteiger partial charge in [0.2, 0.25) is 0 Å². The molecule has 0 spiro atoms. The van der Waals surface area contributed by atoms with Crippen molar-refractivity contribution in [2.24, 2.45) is 0 Å². The highest BCUT2D eigenvalue weighted by Gasteiger charge is 2.23. The molecule has 0 amide bonds. The van der Waals surface area contributed by atoms with Crippen molar-refractivity contribution in [3.8, 4) is 10.8 Å². The molecular weight excluding hydrogens is 260 g/mol. The minimum absolute atomic E-state index is 0.284. The van der Waals surface area contributed by atoms with Crippen LogP contribution < -0.4 is 0 Å². The van der Waals surface area contributed by atoms with Crippen LogP contribution in [-0.4, -0.2) is 23.4 Å². The zero-order valence-corrected chi connectivity index (χ0v) is 11.0. The minimum atomic E-state index is 0.284. The maximum Gasteiger partial charge on any atom is 0.268 e. The lowest BCUT2D eigenvalue weighted by Crippen LogP contribution is -1.99. The molecule has 1 aliphatic heterocycles. The lowest BCUT2D eigenvalue weighted by atomic mass is 10.1. The van der Waals surface area contributed by atoms with Crippen molar-refractivity contribution in [1.82, 2.24) is 10.1 Å². The van der Waals surface area contributed by atoms with Crippen molar-refractivity contribution in [3.63, 3.8) is 0 Å². The van der Waals surface area contributed by atoms with Crippen LogP contribution in [-0.2, 0) is 4.74 Å². The smallest absolute Gasteiger partial charge is 0.268 e. The Morgan fingerprint density at radius 3 is 3.05 bits per heavy atom. The van der Waals surface area contributed by atoms with Gasteiger partial charge in [0.25, 0.3) is 5.89 Å². The van der Waals surface area contributed by atoms with Gasteiger partial charge in [0.15, 0.2) is 5.82 Å². The number of benzene rings is 1. The number of fused-ring (bicyclic) bond motifs is 1. The van der Waals surface area contributed by atoms with E-state index in [-0.39, 0.29) is 5.92 Å². The Bertz CT molecular complexity index is 680. The van der Waals surface area contributed by atoms with Crippen molar-refractivity contribution in [2.75, 3.05) is 13.2 Å². The lowest BCUT2D eigenvalue weighted by Gasteiger charge is -1.97. The average molecular weight is 272 g/mol. The number of hydrogen-bond donors (Lipinski definition) is 0. The highest BCUT2D eigenvalue weighted by Crippen LogP contribution is 2.33. The lowest BCUT2D eigenvalue weighted by molar-refractivity contribution is 0.192. The Labute approximate surface area is 114 Å². The molecule has 0 saturated carbocycles. The van der Waals surface area contributed by atoms with E-state index in [1.54, 1.807) is 11.3 Å². The van der Waals surface area contributed by atoms with Crippen LogP contribution in [0.1, 0.15) is 18.2 Å². The second-order valence-corrected chi connectivity index (χ2v) is 5.75. The number of thiophene rings is 1. The molecule has 1 aliphatic rings. The zero-order valence-electron chi connectivity index (χ0n) is 10.2. The molecule has 0 radical (unpaired) electrons. The topological polar surface area (TPSA) is 48.2 Å². The molecule has 3 heterocycles. The van der Waals surface area contributed by atoms with E-state index in [2.05, 4.69) is 28.3 Å². The molecule has 0 bridgehead atoms. The Kier molecular flexibility index (Phi) is 2.60. The van der Waals surface area contributed by atoms with E-state index < -0.39 is 0 Å². The normalized spacial score (nSPS) is 19.3. The van der Waals surface area contributed by atoms with Gasteiger partial charge in [0.05, 0.1) is 11.5 Å². The third-order valence-corrected chi connectivity index (χ3v) is 4.48. The second kappa shape index (κ2) is 4.43. The first kappa shape index (κ1) is 11.1. The molecule has 1 aromatic carbocycles. The number of aromatic nitrogens is 2. The van der Waals surface area contributed by atoms with E-state index >= 15 is 0 Å². The van der Waals surface area contributed by atoms with Gasteiger partial charge in [-0.2, -0.15) is 4.98 Å². The summed E-state index contributed by atoms with van der Waals surface area (Å²) < 4.78 is 12.0. The average Bonchev–Trinajstić information content (AvgIpc) is 3.17. The predicted octanol–water partition coefficient (Wildman–Crippen LogP) is 3.46. The summed E-state index contributed by atoms with van der Waals surface area (Å²) >= 11 is 1.68. The van der Waals surface area contributed by atoms with Crippen LogP contribution in [0.4, 0.5) is 0 Å². The highest BCUT2D eigenvalue weighted by atomic mass is 32.1. The standard InChI is InChI=1S/C14H12N2O2S/c1-2-4-11-9(3-1)7-12(19-11)14-15-13(16-18-14)10-5-6-17-8-10/h1-4,7,10H,5-6,8H2. The van der Waals surface area contributed by atoms with Gasteiger partial charge in [-0.1, -0.05) is 23.4 Å². The Balaban J connectivity index is 1.71. The zero-order chi connectivity index (χ0) is 12.7. The van der Waals surface area contributed by atoms with Crippen LogP contribution in [0, 0.1) is 0 Å². The molecule has 19 heavy (non-hydrogen) atoms. The van der Waals surface area contributed by atoms with Crippen molar-refractivity contribution in [1.29, 1.82) is 0 Å². The fraction of sp³-hybridized carbons (Fsp3) is 0.286. The number of nitrogens with zero attached hydrogens (tertiary/aromatic N) is 2. The third-order valence-electron chi connectivity index (χ3n) is 3.37. The summed E-state index contributed by atoms with van der Waals surface area (Å²) in [5.41, 5.74) is 0. The van der Waals surface area contributed by atoms with E-state index in [1.165, 1.54) is 10.1 Å². The molecule has 0 N–H and O–H groups in total. The molecule has 1 atom stereocenters. The maximum atomic E-state index is 5.39. The summed E-state index contributed by atoms with van der Waals surface area (Å²) in [7, 11) is 0. The Hall–Kier alpha value is -1.72. The number of ether oxygens (including phenoxy) is 1. The Morgan fingerprint density at radius 1 is 1.26 bits per heavy atom. The summed E-state index contributed by atoms with van der Waals surface area (Å²) in [4.78, 5) is 5.54. The molecule has 1 saturated heterocycles. The van der Waals surface area contributed by atoms with E-state index in [0.29, 0.717) is 12.5 Å². The van der Waals surface area contributed by atoms with Crippen LogP contribution in [0.2, 0.25) is 0 Å². The summed E-state index contributed by atoms with van der Waals surface area (Å²) in [5.74, 6) is 1.67. The largest absolute Gasteiger partial charge is 0.381 e. The van der Waals surface area contributed by atoms with Crippen LogP contribution in [0.15, 0.2) is 34.9 Å². The molecule has 2 aromatic heterocycles. The van der Waals surface area contributed by atoms with Crippen LogP contribution >= 0.6 is 11.3 Å². The quantitative estimate of drug-likeness (QED) is 0.717. The van der Waals surface area contributed by atoms with E-state index in [9.17, 15) is 0 Å². The van der Waals surface area contributed by atoms with E-state index in [1.807, 2.05) is 12.1 Å². The van der Waals surface area contributed by atoms with Gasteiger partial charge < -0.3 is 9.26 Å². The molecule has 4 rings (SSSR count). The van der Waals surface area contributed by atoms with Gasteiger partial charge in [-0.25, -0.2) is 0 Å². The molecule has 3 aromatic rings. The molecule has 96 valence electrons. The summed E-state index contributed by atoms with van der Waals surface area (Å²) in [5, 5.41) is 5.30. The van der Waals surface area contributed by atoms with E-state index in [0.717, 1.165) is 23.7 Å². The van der Waals surface area contributed by atoms with Gasteiger partial charge in [-0.3, -0.25) is 0 Å². The molecule has 0 aliphatic carbocycles. The van der Waals surface area contributed by atoms with E-state index in [4.69, 9.17) is 9.26 Å². The minimum Gasteiger partial charge on any atom is -0.381 e. The fourth-order valence-corrected chi connectivity index (χ4v) is 3.31. The molecule has 1 unspecified atom stereocenters. The Morgan fingerprint density at radius 2 is 2.21 bits per heavy atom. The molecule has 5 heteroatoms. The highest BCUT2D eigenvalue weighted by molar-refractivity contribution is 7.22. The van der Waals surface area contributed by atoms with Crippen molar-refractivity contribution < 1.29 is 9.26 Å². The first-order valence-electron chi connectivity index (χ1n) is 6.30. The van der Waals surface area contributed by atoms with Gasteiger partial charge >= 0.3 is 0 Å². The van der Waals surface area contributed by atoms with Gasteiger partial charge in [0, 0.05) is 17.2 Å². The number of rotatable bonds is 2. The number of hydrogen-bond acceptors (Lipinski definition) is 5. The summed E-state index contributed by atoms with van der Waals surface area (Å²) in [6.45, 7) is 1.49. The third kappa shape index (κ3) is 1.95. The summed E-state index contributed by atoms with van der Waals surface area (Å²) in [6.07, 6.45) is 0.978. The van der Waals surface area contributed by atoms with Gasteiger partial charge in [-0.05, 0) is 23.9 Å². The SMILES string of the molecule is c1ccc2sc(-c3nc(C4CCOC4)no3)cc2c1. The van der Waals surface area contributed by atoms with Crippen LogP contribution in [0.25, 0.3) is 20.9 Å². The van der Waals surface area contributed by atoms with Gasteiger partial charge in [0.1, 0.15) is 0 Å². The first-order chi connectivity index (χ1) is 9.40. The van der Waals surface area contributed by atoms with Crippen molar-refractivity contribution >= 4 is 21.4 Å². The fourth-order valence-electron chi connectivity index (χ4n) is 2.33. The van der Waals surface area contributed by atoms with Crippen molar-refractivity contribution in [2.45, 2.75) is 12.3 Å². The molecule has 1 fully saturated rings. The predicted molar refractivity (Wildman–Crippen MR) is 73.3 cm³/mol. The van der Waals surface area contributed by atoms with Gasteiger partial charge in [-0.15, -0.1) is 11.3 Å². The molecular formula is C14H12N2O2S. The summed E-state index contributed by atoms with van der Waals surface area (Å²) in [6, 6.07) is 10.4. The maximum absolute atomic E-state index is 5.39. The first-order valence-corrected chi connectivity index (χ1v) is 7.12. The second-order valence-electron chi connectivity index (χ2n) is 4.67. The van der Waals surface area contributed by atoms with Crippen LogP contribution in [0.5, 0.6) is 0 Å². The monoisotopic (exact) mass is 272 g/mol. The van der Waals surface area contributed by atoms with Crippen molar-refractivity contribution in [3.05, 3.63) is 36.2 Å².